The fraction of sp³-hybridized carbons (Fsp3) is 0.692. The van der Waals surface area contributed by atoms with Crippen molar-refractivity contribution in [2.24, 2.45) is 0 Å². The molecule has 0 aliphatic rings. The summed E-state index contributed by atoms with van der Waals surface area (Å²) >= 11 is 0. The zero-order valence-corrected chi connectivity index (χ0v) is 12.1. The van der Waals surface area contributed by atoms with E-state index in [1.165, 1.54) is 7.11 Å². The lowest BCUT2D eigenvalue weighted by Crippen LogP contribution is -2.13. The lowest BCUT2D eigenvalue weighted by atomic mass is 10.5. The van der Waals surface area contributed by atoms with Crippen LogP contribution in [0.5, 0.6) is 0 Å². The summed E-state index contributed by atoms with van der Waals surface area (Å²) in [5, 5.41) is 8.45. The highest BCUT2D eigenvalue weighted by atomic mass is 16.6. The first-order valence-corrected chi connectivity index (χ1v) is 6.47. The van der Waals surface area contributed by atoms with Crippen LogP contribution < -0.4 is 0 Å². The van der Waals surface area contributed by atoms with Gasteiger partial charge in [-0.25, -0.2) is 9.59 Å². The van der Waals surface area contributed by atoms with Gasteiger partial charge in [0.1, 0.15) is 6.61 Å². The topological polar surface area (TPSA) is 101 Å². The second-order valence-electron chi connectivity index (χ2n) is 3.58. The monoisotopic (exact) mass is 306 g/mol. The van der Waals surface area contributed by atoms with Crippen molar-refractivity contribution < 1.29 is 38.4 Å². The number of carbonyl (C=O) groups excluding carboxylic acids is 2. The minimum atomic E-state index is -0.638. The Morgan fingerprint density at radius 2 is 1.29 bits per heavy atom. The van der Waals surface area contributed by atoms with Gasteiger partial charge in [-0.05, 0) is 0 Å². The second kappa shape index (κ2) is 14.9. The third-order valence-corrected chi connectivity index (χ3v) is 2.01. The van der Waals surface area contributed by atoms with Crippen LogP contribution in [0.2, 0.25) is 0 Å². The van der Waals surface area contributed by atoms with E-state index in [0.717, 1.165) is 12.2 Å². The van der Waals surface area contributed by atoms with Crippen LogP contribution in [0, 0.1) is 0 Å². The van der Waals surface area contributed by atoms with Crippen molar-refractivity contribution in [3.05, 3.63) is 12.2 Å². The first-order chi connectivity index (χ1) is 10.2. The molecular weight excluding hydrogens is 284 g/mol. The summed E-state index contributed by atoms with van der Waals surface area (Å²) in [6, 6.07) is 0. The molecule has 0 radical (unpaired) electrons. The van der Waals surface area contributed by atoms with Gasteiger partial charge in [0.25, 0.3) is 0 Å². The highest BCUT2D eigenvalue weighted by Gasteiger charge is 1.99. The molecule has 0 aliphatic heterocycles. The highest BCUT2D eigenvalue weighted by molar-refractivity contribution is 5.91. The van der Waals surface area contributed by atoms with Gasteiger partial charge in [0.05, 0.1) is 53.4 Å². The van der Waals surface area contributed by atoms with E-state index in [-0.39, 0.29) is 19.8 Å². The second-order valence-corrected chi connectivity index (χ2v) is 3.58. The zero-order chi connectivity index (χ0) is 15.8. The van der Waals surface area contributed by atoms with Gasteiger partial charge >= 0.3 is 11.9 Å². The molecule has 0 unspecified atom stereocenters. The molecular formula is C13H22O8. The third-order valence-electron chi connectivity index (χ3n) is 2.01. The number of hydrogen-bond acceptors (Lipinski definition) is 8. The van der Waals surface area contributed by atoms with Gasteiger partial charge < -0.3 is 28.8 Å². The van der Waals surface area contributed by atoms with Gasteiger partial charge in [-0.15, -0.1) is 0 Å². The van der Waals surface area contributed by atoms with Crippen LogP contribution in [0.15, 0.2) is 12.2 Å². The molecule has 0 aliphatic carbocycles. The lowest BCUT2D eigenvalue weighted by Gasteiger charge is -2.06. The van der Waals surface area contributed by atoms with Gasteiger partial charge in [0.2, 0.25) is 0 Å². The Morgan fingerprint density at radius 3 is 1.81 bits per heavy atom. The number of aliphatic hydroxyl groups is 1. The predicted molar refractivity (Wildman–Crippen MR) is 71.7 cm³/mol. The molecule has 0 saturated heterocycles. The maximum atomic E-state index is 11.1. The summed E-state index contributed by atoms with van der Waals surface area (Å²) in [6.07, 6.45) is 1.97. The van der Waals surface area contributed by atoms with E-state index < -0.39 is 11.9 Å². The van der Waals surface area contributed by atoms with E-state index in [0.29, 0.717) is 33.0 Å². The minimum Gasteiger partial charge on any atom is -0.466 e. The number of esters is 2. The lowest BCUT2D eigenvalue weighted by molar-refractivity contribution is -0.140. The van der Waals surface area contributed by atoms with Crippen molar-refractivity contribution in [3.8, 4) is 0 Å². The standard InChI is InChI=1S/C13H22O8/c1-17-12(15)2-3-13(16)21-11-10-20-9-8-19-7-6-18-5-4-14/h2-3,14H,4-11H2,1H3/b3-2+. The fourth-order valence-electron chi connectivity index (χ4n) is 1.06. The van der Waals surface area contributed by atoms with E-state index in [9.17, 15) is 9.59 Å². The number of hydrogen-bond donors (Lipinski definition) is 1. The molecule has 0 aromatic rings. The molecule has 0 heterocycles. The Bertz CT molecular complexity index is 303. The summed E-state index contributed by atoms with van der Waals surface area (Å²) < 4.78 is 24.4. The molecule has 8 nitrogen and oxygen atoms in total. The first kappa shape index (κ1) is 19.5. The van der Waals surface area contributed by atoms with Crippen molar-refractivity contribution in [3.63, 3.8) is 0 Å². The Kier molecular flexibility index (Phi) is 13.9. The minimum absolute atomic E-state index is 0.00332. The number of aliphatic hydroxyl groups excluding tert-OH is 1. The molecule has 0 spiro atoms. The van der Waals surface area contributed by atoms with Crippen LogP contribution in [0.25, 0.3) is 0 Å². The average Bonchev–Trinajstić information content (AvgIpc) is 2.50. The van der Waals surface area contributed by atoms with Crippen molar-refractivity contribution in [1.29, 1.82) is 0 Å². The molecule has 0 fully saturated rings. The van der Waals surface area contributed by atoms with E-state index in [2.05, 4.69) is 4.74 Å². The molecule has 122 valence electrons. The highest BCUT2D eigenvalue weighted by Crippen LogP contribution is 1.86. The Labute approximate surface area is 123 Å². The predicted octanol–water partition coefficient (Wildman–Crippen LogP) is -0.699. The van der Waals surface area contributed by atoms with Gasteiger partial charge in [0, 0.05) is 12.2 Å². The summed E-state index contributed by atoms with van der Waals surface area (Å²) in [5.41, 5.74) is 0. The Morgan fingerprint density at radius 1 is 0.810 bits per heavy atom. The molecule has 0 saturated carbocycles. The van der Waals surface area contributed by atoms with Crippen LogP contribution in [0.1, 0.15) is 0 Å². The SMILES string of the molecule is COC(=O)/C=C/C(=O)OCCOCCOCCOCCO. The summed E-state index contributed by atoms with van der Waals surface area (Å²) in [7, 11) is 1.21. The largest absolute Gasteiger partial charge is 0.466 e. The average molecular weight is 306 g/mol. The smallest absolute Gasteiger partial charge is 0.331 e. The van der Waals surface area contributed by atoms with E-state index in [4.69, 9.17) is 24.1 Å². The Hall–Kier alpha value is -1.48. The van der Waals surface area contributed by atoms with Crippen molar-refractivity contribution >= 4 is 11.9 Å². The molecule has 0 rings (SSSR count). The molecule has 0 amide bonds. The molecule has 8 heteroatoms. The number of rotatable bonds is 13. The van der Waals surface area contributed by atoms with Crippen LogP contribution in [0.3, 0.4) is 0 Å². The van der Waals surface area contributed by atoms with Gasteiger partial charge in [0.15, 0.2) is 0 Å². The van der Waals surface area contributed by atoms with Gasteiger partial charge in [-0.2, -0.15) is 0 Å². The van der Waals surface area contributed by atoms with Crippen molar-refractivity contribution in [2.45, 2.75) is 0 Å². The zero-order valence-electron chi connectivity index (χ0n) is 12.1. The van der Waals surface area contributed by atoms with E-state index in [1.807, 2.05) is 0 Å². The molecule has 1 N–H and O–H groups in total. The van der Waals surface area contributed by atoms with Crippen molar-refractivity contribution in [1.82, 2.24) is 0 Å². The summed E-state index contributed by atoms with van der Waals surface area (Å²) in [5.74, 6) is -1.26. The summed E-state index contributed by atoms with van der Waals surface area (Å²) in [4.78, 5) is 21.8. The van der Waals surface area contributed by atoms with E-state index >= 15 is 0 Å². The fourth-order valence-corrected chi connectivity index (χ4v) is 1.06. The normalized spacial score (nSPS) is 10.8. The quantitative estimate of drug-likeness (QED) is 0.271. The van der Waals surface area contributed by atoms with Gasteiger partial charge in [-0.1, -0.05) is 0 Å². The maximum Gasteiger partial charge on any atom is 0.331 e. The van der Waals surface area contributed by atoms with Crippen LogP contribution in [0.4, 0.5) is 0 Å². The first-order valence-electron chi connectivity index (χ1n) is 6.47. The number of ether oxygens (including phenoxy) is 5. The third kappa shape index (κ3) is 14.7. The molecule has 0 bridgehead atoms. The Balaban J connectivity index is 3.27. The molecule has 21 heavy (non-hydrogen) atoms. The number of methoxy groups -OCH3 is 1. The summed E-state index contributed by atoms with van der Waals surface area (Å²) in [6.45, 7) is 2.24. The van der Waals surface area contributed by atoms with Gasteiger partial charge in [-0.3, -0.25) is 0 Å². The van der Waals surface area contributed by atoms with Crippen LogP contribution in [-0.4, -0.2) is 77.0 Å². The van der Waals surface area contributed by atoms with Crippen LogP contribution >= 0.6 is 0 Å². The maximum absolute atomic E-state index is 11.1. The molecule has 0 aromatic carbocycles. The van der Waals surface area contributed by atoms with Crippen LogP contribution in [-0.2, 0) is 33.3 Å². The molecule has 0 aromatic heterocycles. The number of carbonyl (C=O) groups is 2. The van der Waals surface area contributed by atoms with Crippen molar-refractivity contribution in [2.75, 3.05) is 60.0 Å². The van der Waals surface area contributed by atoms with E-state index in [1.54, 1.807) is 0 Å². The molecule has 0 atom stereocenters.